The lowest BCUT2D eigenvalue weighted by atomic mass is 9.98. The van der Waals surface area contributed by atoms with Crippen molar-refractivity contribution in [2.24, 2.45) is 0 Å². The first kappa shape index (κ1) is 15.6. The van der Waals surface area contributed by atoms with Crippen LogP contribution in [0.3, 0.4) is 0 Å². The quantitative estimate of drug-likeness (QED) is 0.857. The van der Waals surface area contributed by atoms with Gasteiger partial charge in [-0.15, -0.1) is 11.3 Å². The molecule has 1 atom stereocenters. The molecule has 0 spiro atoms. The largest absolute Gasteiger partial charge is 0.379 e. The zero-order valence-corrected chi connectivity index (χ0v) is 13.4. The van der Waals surface area contributed by atoms with Crippen molar-refractivity contribution in [2.75, 3.05) is 7.11 Å². The number of aromatic nitrogens is 1. The molecule has 0 bridgehead atoms. The number of ether oxygens (including phenoxy) is 1. The lowest BCUT2D eigenvalue weighted by Gasteiger charge is -2.29. The van der Waals surface area contributed by atoms with Crippen LogP contribution in [-0.2, 0) is 4.74 Å². The molecule has 0 aromatic carbocycles. The Morgan fingerprint density at radius 1 is 1.33 bits per heavy atom. The van der Waals surface area contributed by atoms with Crippen molar-refractivity contribution in [2.45, 2.75) is 65.6 Å². The standard InChI is InChI=1S/C14H26N2OS/c1-9(2)15-12(8-14(5,6)17-7)13-16-10(3)11(4)18-13/h9,12,15H,8H2,1-7H3. The van der Waals surface area contributed by atoms with Crippen LogP contribution in [0.15, 0.2) is 0 Å². The summed E-state index contributed by atoms with van der Waals surface area (Å²) in [5, 5.41) is 4.77. The second kappa shape index (κ2) is 6.13. The molecule has 0 aliphatic carbocycles. The van der Waals surface area contributed by atoms with Gasteiger partial charge in [0.05, 0.1) is 17.3 Å². The highest BCUT2D eigenvalue weighted by Gasteiger charge is 2.26. The molecule has 0 aliphatic rings. The van der Waals surface area contributed by atoms with Gasteiger partial charge in [0, 0.05) is 18.0 Å². The zero-order valence-electron chi connectivity index (χ0n) is 12.6. The molecule has 0 amide bonds. The van der Waals surface area contributed by atoms with Crippen molar-refractivity contribution >= 4 is 11.3 Å². The second-order valence-corrected chi connectivity index (χ2v) is 6.97. The monoisotopic (exact) mass is 270 g/mol. The highest BCUT2D eigenvalue weighted by atomic mass is 32.1. The Bertz CT molecular complexity index is 366. The average molecular weight is 270 g/mol. The minimum absolute atomic E-state index is 0.139. The van der Waals surface area contributed by atoms with E-state index in [4.69, 9.17) is 4.74 Å². The van der Waals surface area contributed by atoms with Crippen LogP contribution < -0.4 is 5.32 Å². The summed E-state index contributed by atoms with van der Waals surface area (Å²) >= 11 is 1.79. The van der Waals surface area contributed by atoms with Crippen LogP contribution >= 0.6 is 11.3 Å². The van der Waals surface area contributed by atoms with E-state index in [0.717, 1.165) is 12.1 Å². The predicted molar refractivity (Wildman–Crippen MR) is 78.3 cm³/mol. The van der Waals surface area contributed by atoms with Crippen molar-refractivity contribution in [3.05, 3.63) is 15.6 Å². The average Bonchev–Trinajstić information content (AvgIpc) is 2.57. The van der Waals surface area contributed by atoms with Gasteiger partial charge in [-0.1, -0.05) is 13.8 Å². The van der Waals surface area contributed by atoms with Crippen molar-refractivity contribution in [3.63, 3.8) is 0 Å². The topological polar surface area (TPSA) is 34.1 Å². The van der Waals surface area contributed by atoms with E-state index in [9.17, 15) is 0 Å². The number of methoxy groups -OCH3 is 1. The predicted octanol–water partition coefficient (Wildman–Crippen LogP) is 3.61. The van der Waals surface area contributed by atoms with Gasteiger partial charge in [-0.25, -0.2) is 4.98 Å². The molecule has 4 heteroatoms. The fraction of sp³-hybridized carbons (Fsp3) is 0.786. The molecule has 1 N–H and O–H groups in total. The number of thiazole rings is 1. The third-order valence-corrected chi connectivity index (χ3v) is 4.31. The van der Waals surface area contributed by atoms with Crippen molar-refractivity contribution in [1.82, 2.24) is 10.3 Å². The Morgan fingerprint density at radius 2 is 1.94 bits per heavy atom. The van der Waals surface area contributed by atoms with Gasteiger partial charge < -0.3 is 10.1 Å². The number of aryl methyl sites for hydroxylation is 2. The highest BCUT2D eigenvalue weighted by molar-refractivity contribution is 7.11. The van der Waals surface area contributed by atoms with Gasteiger partial charge in [0.2, 0.25) is 0 Å². The van der Waals surface area contributed by atoms with E-state index in [1.165, 1.54) is 9.88 Å². The Morgan fingerprint density at radius 3 is 2.33 bits per heavy atom. The van der Waals surface area contributed by atoms with Gasteiger partial charge >= 0.3 is 0 Å². The van der Waals surface area contributed by atoms with Gasteiger partial charge in [0.25, 0.3) is 0 Å². The van der Waals surface area contributed by atoms with E-state index in [1.807, 2.05) is 0 Å². The highest BCUT2D eigenvalue weighted by Crippen LogP contribution is 2.30. The fourth-order valence-electron chi connectivity index (χ4n) is 1.84. The molecule has 104 valence electrons. The number of rotatable bonds is 6. The summed E-state index contributed by atoms with van der Waals surface area (Å²) in [5.74, 6) is 0. The smallest absolute Gasteiger partial charge is 0.110 e. The summed E-state index contributed by atoms with van der Waals surface area (Å²) < 4.78 is 5.55. The maximum Gasteiger partial charge on any atom is 0.110 e. The molecular formula is C14H26N2OS. The second-order valence-electron chi connectivity index (χ2n) is 5.74. The minimum Gasteiger partial charge on any atom is -0.379 e. The first-order chi connectivity index (χ1) is 8.25. The lowest BCUT2D eigenvalue weighted by molar-refractivity contribution is 0.00614. The van der Waals surface area contributed by atoms with Gasteiger partial charge in [-0.05, 0) is 34.1 Å². The molecule has 0 aliphatic heterocycles. The van der Waals surface area contributed by atoms with E-state index in [1.54, 1.807) is 18.4 Å². The number of hydrogen-bond acceptors (Lipinski definition) is 4. The summed E-state index contributed by atoms with van der Waals surface area (Å²) in [5.41, 5.74) is 1.00. The number of nitrogens with one attached hydrogen (secondary N) is 1. The van der Waals surface area contributed by atoms with Crippen LogP contribution in [0.25, 0.3) is 0 Å². The van der Waals surface area contributed by atoms with Crippen LogP contribution in [0.1, 0.15) is 55.7 Å². The maximum atomic E-state index is 5.55. The molecule has 1 rings (SSSR count). The van der Waals surface area contributed by atoms with Crippen molar-refractivity contribution in [3.8, 4) is 0 Å². The molecule has 1 aromatic rings. The summed E-state index contributed by atoms with van der Waals surface area (Å²) in [6.45, 7) is 12.8. The van der Waals surface area contributed by atoms with Crippen LogP contribution in [-0.4, -0.2) is 23.7 Å². The number of nitrogens with zero attached hydrogens (tertiary/aromatic N) is 1. The molecule has 18 heavy (non-hydrogen) atoms. The summed E-state index contributed by atoms with van der Waals surface area (Å²) in [6.07, 6.45) is 0.925. The van der Waals surface area contributed by atoms with Crippen molar-refractivity contribution < 1.29 is 4.74 Å². The molecule has 0 fully saturated rings. The van der Waals surface area contributed by atoms with Gasteiger partial charge in [0.15, 0.2) is 0 Å². The van der Waals surface area contributed by atoms with Gasteiger partial charge in [0.1, 0.15) is 5.01 Å². The van der Waals surface area contributed by atoms with Gasteiger partial charge in [-0.2, -0.15) is 0 Å². The summed E-state index contributed by atoms with van der Waals surface area (Å²) in [7, 11) is 1.77. The van der Waals surface area contributed by atoms with E-state index in [0.29, 0.717) is 6.04 Å². The lowest BCUT2D eigenvalue weighted by Crippen LogP contribution is -2.35. The van der Waals surface area contributed by atoms with Crippen LogP contribution in [0.4, 0.5) is 0 Å². The summed E-state index contributed by atoms with van der Waals surface area (Å²) in [4.78, 5) is 5.98. The normalized spacial score (nSPS) is 14.2. The third kappa shape index (κ3) is 4.34. The summed E-state index contributed by atoms with van der Waals surface area (Å²) in [6, 6.07) is 0.699. The molecule has 1 aromatic heterocycles. The first-order valence-corrected chi connectivity index (χ1v) is 7.32. The van der Waals surface area contributed by atoms with Gasteiger partial charge in [-0.3, -0.25) is 0 Å². The zero-order chi connectivity index (χ0) is 13.9. The Kier molecular flexibility index (Phi) is 5.32. The molecule has 1 unspecified atom stereocenters. The number of hydrogen-bond donors (Lipinski definition) is 1. The molecular weight excluding hydrogens is 244 g/mol. The van der Waals surface area contributed by atoms with E-state index in [2.05, 4.69) is 51.8 Å². The molecule has 0 saturated heterocycles. The van der Waals surface area contributed by atoms with E-state index < -0.39 is 0 Å². The minimum atomic E-state index is -0.139. The fourth-order valence-corrected chi connectivity index (χ4v) is 2.82. The van der Waals surface area contributed by atoms with Crippen LogP contribution in [0.2, 0.25) is 0 Å². The molecule has 0 saturated carbocycles. The SMILES string of the molecule is COC(C)(C)CC(NC(C)C)c1nc(C)c(C)s1. The Labute approximate surface area is 115 Å². The molecule has 1 heterocycles. The molecule has 0 radical (unpaired) electrons. The van der Waals surface area contributed by atoms with E-state index in [-0.39, 0.29) is 11.6 Å². The maximum absolute atomic E-state index is 5.55. The van der Waals surface area contributed by atoms with Crippen molar-refractivity contribution in [1.29, 1.82) is 0 Å². The molecule has 3 nitrogen and oxygen atoms in total. The third-order valence-electron chi connectivity index (χ3n) is 3.13. The first-order valence-electron chi connectivity index (χ1n) is 6.50. The van der Waals surface area contributed by atoms with Crippen LogP contribution in [0, 0.1) is 13.8 Å². The van der Waals surface area contributed by atoms with Crippen LogP contribution in [0.5, 0.6) is 0 Å². The Balaban J connectivity index is 2.91. The Hall–Kier alpha value is -0.450. The van der Waals surface area contributed by atoms with E-state index >= 15 is 0 Å².